The van der Waals surface area contributed by atoms with Crippen LogP contribution in [0.1, 0.15) is 343 Å². The molecule has 0 saturated carbocycles. The van der Waals surface area contributed by atoms with Crippen molar-refractivity contribution in [2.24, 2.45) is 11.8 Å². The summed E-state index contributed by atoms with van der Waals surface area (Å²) in [5.41, 5.74) is 0. The largest absolute Gasteiger partial charge is 0.472 e. The van der Waals surface area contributed by atoms with E-state index in [0.29, 0.717) is 31.6 Å². The molecule has 0 bridgehead atoms. The Labute approximate surface area is 554 Å². The Hall–Kier alpha value is -2.46. The number of carbonyl (C=O) groups excluding carboxylic acids is 4. The molecule has 2 unspecified atom stereocenters. The first-order valence-electron chi connectivity index (χ1n) is 36.8. The molecule has 91 heavy (non-hydrogen) atoms. The summed E-state index contributed by atoms with van der Waals surface area (Å²) in [6.07, 6.45) is 52.4. The maximum absolute atomic E-state index is 13.0. The smallest absolute Gasteiger partial charge is 0.462 e. The fraction of sp³-hybridized carbons (Fsp3) is 0.889. The van der Waals surface area contributed by atoms with Crippen molar-refractivity contribution in [2.75, 3.05) is 39.6 Å². The number of esters is 4. The molecule has 0 heterocycles. The normalized spacial score (nSPS) is 14.3. The highest BCUT2D eigenvalue weighted by atomic mass is 31.2. The molecule has 0 aliphatic carbocycles. The number of phosphoric ester groups is 2. The van der Waals surface area contributed by atoms with E-state index in [1.165, 1.54) is 141 Å². The van der Waals surface area contributed by atoms with E-state index < -0.39 is 97.5 Å². The lowest BCUT2D eigenvalue weighted by atomic mass is 10.0. The summed E-state index contributed by atoms with van der Waals surface area (Å²) in [7, 11) is -9.91. The van der Waals surface area contributed by atoms with E-state index in [-0.39, 0.29) is 25.7 Å². The predicted molar refractivity (Wildman–Crippen MR) is 367 cm³/mol. The molecule has 0 rings (SSSR count). The lowest BCUT2D eigenvalue weighted by Crippen LogP contribution is -2.30. The number of unbranched alkanes of at least 4 members (excludes halogenated alkanes) is 36. The molecular formula is C72H136O17P2. The number of hydrogen-bond donors (Lipinski definition) is 3. The Morgan fingerprint density at radius 2 is 0.593 bits per heavy atom. The van der Waals surface area contributed by atoms with Crippen molar-refractivity contribution < 1.29 is 80.2 Å². The van der Waals surface area contributed by atoms with Crippen LogP contribution >= 0.6 is 15.6 Å². The van der Waals surface area contributed by atoms with E-state index in [2.05, 4.69) is 65.8 Å². The quantitative estimate of drug-likeness (QED) is 0.0169. The predicted octanol–water partition coefficient (Wildman–Crippen LogP) is 20.3. The van der Waals surface area contributed by atoms with Crippen LogP contribution in [0.3, 0.4) is 0 Å². The third kappa shape index (κ3) is 66.0. The minimum Gasteiger partial charge on any atom is -0.462 e. The van der Waals surface area contributed by atoms with Gasteiger partial charge in [0.15, 0.2) is 12.2 Å². The molecule has 0 aliphatic rings. The van der Waals surface area contributed by atoms with Crippen LogP contribution in [0.4, 0.5) is 0 Å². The molecule has 0 aliphatic heterocycles. The van der Waals surface area contributed by atoms with Crippen LogP contribution in [-0.2, 0) is 65.4 Å². The topological polar surface area (TPSA) is 237 Å². The number of aliphatic hydroxyl groups is 1. The summed E-state index contributed by atoms with van der Waals surface area (Å²) >= 11 is 0. The van der Waals surface area contributed by atoms with Crippen molar-refractivity contribution in [3.8, 4) is 0 Å². The third-order valence-electron chi connectivity index (χ3n) is 16.1. The molecule has 0 spiro atoms. The molecule has 0 aromatic heterocycles. The van der Waals surface area contributed by atoms with E-state index in [4.69, 9.17) is 37.0 Å². The molecule has 0 saturated heterocycles. The molecule has 0 amide bonds. The Morgan fingerprint density at radius 1 is 0.341 bits per heavy atom. The second-order valence-electron chi connectivity index (χ2n) is 26.2. The fourth-order valence-corrected chi connectivity index (χ4v) is 12.0. The van der Waals surface area contributed by atoms with Crippen LogP contribution in [0.25, 0.3) is 0 Å². The zero-order valence-electron chi connectivity index (χ0n) is 58.6. The van der Waals surface area contributed by atoms with Crippen LogP contribution in [0.15, 0.2) is 24.3 Å². The summed E-state index contributed by atoms with van der Waals surface area (Å²) < 4.78 is 68.2. The van der Waals surface area contributed by atoms with Gasteiger partial charge in [-0.2, -0.15) is 0 Å². The maximum atomic E-state index is 13.0. The SMILES string of the molecule is CCCCCC/C=C\C=C/CCCCCCCC(=O)OC[C@H](COP(=O)(O)OC[C@@H](O)COP(=O)(O)OC[C@@H](COC(=O)CCCCCCCCCCC)OC(=O)CCCCCCCCC(C)C)OC(=O)CCCCCCCCCCCCCCCCCC(C)C. The van der Waals surface area contributed by atoms with Crippen LogP contribution in [0.5, 0.6) is 0 Å². The van der Waals surface area contributed by atoms with Gasteiger partial charge in [-0.05, 0) is 63.2 Å². The fourth-order valence-electron chi connectivity index (χ4n) is 10.4. The highest BCUT2D eigenvalue weighted by Gasteiger charge is 2.30. The van der Waals surface area contributed by atoms with Crippen molar-refractivity contribution in [2.45, 2.75) is 362 Å². The summed E-state index contributed by atoms with van der Waals surface area (Å²) in [5.74, 6) is -0.689. The van der Waals surface area contributed by atoms with Crippen LogP contribution in [0, 0.1) is 11.8 Å². The molecule has 536 valence electrons. The van der Waals surface area contributed by atoms with Gasteiger partial charge in [-0.25, -0.2) is 9.13 Å². The number of ether oxygens (including phenoxy) is 4. The first kappa shape index (κ1) is 88.5. The van der Waals surface area contributed by atoms with Crippen molar-refractivity contribution in [1.82, 2.24) is 0 Å². The van der Waals surface area contributed by atoms with Gasteiger partial charge in [0, 0.05) is 25.7 Å². The molecular weight excluding hydrogens is 1200 g/mol. The number of aliphatic hydroxyl groups excluding tert-OH is 1. The maximum Gasteiger partial charge on any atom is 0.472 e. The molecule has 5 atom stereocenters. The first-order chi connectivity index (χ1) is 43.9. The zero-order valence-corrected chi connectivity index (χ0v) is 60.4. The molecule has 0 aromatic rings. The Bertz CT molecular complexity index is 1860. The van der Waals surface area contributed by atoms with Crippen LogP contribution in [-0.4, -0.2) is 96.7 Å². The average Bonchev–Trinajstić information content (AvgIpc) is 3.69. The van der Waals surface area contributed by atoms with Crippen molar-refractivity contribution in [3.63, 3.8) is 0 Å². The van der Waals surface area contributed by atoms with E-state index >= 15 is 0 Å². The van der Waals surface area contributed by atoms with Gasteiger partial charge in [0.25, 0.3) is 0 Å². The average molecular weight is 1340 g/mol. The summed E-state index contributed by atoms with van der Waals surface area (Å²) in [6, 6.07) is 0. The summed E-state index contributed by atoms with van der Waals surface area (Å²) in [4.78, 5) is 72.5. The third-order valence-corrected chi connectivity index (χ3v) is 18.0. The van der Waals surface area contributed by atoms with E-state index in [9.17, 15) is 43.2 Å². The Kier molecular flexibility index (Phi) is 61.9. The summed E-state index contributed by atoms with van der Waals surface area (Å²) in [6.45, 7) is 9.41. The lowest BCUT2D eigenvalue weighted by Gasteiger charge is -2.21. The lowest BCUT2D eigenvalue weighted by molar-refractivity contribution is -0.161. The molecule has 0 fully saturated rings. The van der Waals surface area contributed by atoms with Gasteiger partial charge in [0.05, 0.1) is 26.4 Å². The number of carbonyl (C=O) groups is 4. The van der Waals surface area contributed by atoms with Gasteiger partial charge >= 0.3 is 39.5 Å². The molecule has 0 radical (unpaired) electrons. The number of rotatable bonds is 69. The minimum atomic E-state index is -4.96. The molecule has 3 N–H and O–H groups in total. The number of hydrogen-bond acceptors (Lipinski definition) is 15. The molecule has 0 aromatic carbocycles. The van der Waals surface area contributed by atoms with E-state index in [0.717, 1.165) is 115 Å². The second kappa shape index (κ2) is 63.6. The number of phosphoric acid groups is 2. The van der Waals surface area contributed by atoms with Crippen molar-refractivity contribution in [1.29, 1.82) is 0 Å². The Morgan fingerprint density at radius 3 is 0.901 bits per heavy atom. The Balaban J connectivity index is 5.24. The van der Waals surface area contributed by atoms with Crippen LogP contribution < -0.4 is 0 Å². The van der Waals surface area contributed by atoms with Gasteiger partial charge in [0.1, 0.15) is 19.3 Å². The highest BCUT2D eigenvalue weighted by Crippen LogP contribution is 2.45. The van der Waals surface area contributed by atoms with E-state index in [1.54, 1.807) is 0 Å². The second-order valence-corrected chi connectivity index (χ2v) is 29.2. The summed E-state index contributed by atoms with van der Waals surface area (Å²) in [5, 5.41) is 10.6. The van der Waals surface area contributed by atoms with Crippen molar-refractivity contribution >= 4 is 39.5 Å². The van der Waals surface area contributed by atoms with Crippen LogP contribution in [0.2, 0.25) is 0 Å². The first-order valence-corrected chi connectivity index (χ1v) is 39.8. The standard InChI is InChI=1S/C72H136O17P2/c1-7-9-11-13-15-17-18-19-21-25-28-32-36-43-49-55-70(75)83-60-67(88-71(76)56-50-44-37-33-29-26-23-20-22-24-27-31-34-40-46-52-64(3)4)62-86-90(78,79)84-58-66(73)59-85-91(80,81)87-63-68(89-72(77)57-51-45-39-38-41-47-53-65(5)6)61-82-69(74)54-48-42-35-30-16-14-12-10-8-2/h17-19,21,64-68,73H,7-16,20,22-63H2,1-6H3,(H,78,79)(H,80,81)/b18-17-,21-19-/t66-,67-,68-/m1/s1. The van der Waals surface area contributed by atoms with Gasteiger partial charge in [-0.15, -0.1) is 0 Å². The van der Waals surface area contributed by atoms with Gasteiger partial charge in [-0.3, -0.25) is 37.3 Å². The molecule has 17 nitrogen and oxygen atoms in total. The number of allylic oxidation sites excluding steroid dienone is 4. The highest BCUT2D eigenvalue weighted by molar-refractivity contribution is 7.47. The molecule has 19 heteroatoms. The van der Waals surface area contributed by atoms with E-state index in [1.807, 2.05) is 0 Å². The minimum absolute atomic E-state index is 0.0998. The zero-order chi connectivity index (χ0) is 67.2. The van der Waals surface area contributed by atoms with Gasteiger partial charge in [0.2, 0.25) is 0 Å². The van der Waals surface area contributed by atoms with Gasteiger partial charge in [-0.1, -0.05) is 291 Å². The van der Waals surface area contributed by atoms with Gasteiger partial charge < -0.3 is 33.8 Å². The van der Waals surface area contributed by atoms with Crippen molar-refractivity contribution in [3.05, 3.63) is 24.3 Å². The monoisotopic (exact) mass is 1330 g/mol.